The number of hydrogen-bond acceptors (Lipinski definition) is 4. The molecule has 0 spiro atoms. The monoisotopic (exact) mass is 374 g/mol. The van der Waals surface area contributed by atoms with Crippen molar-refractivity contribution in [2.45, 2.75) is 37.6 Å². The highest BCUT2D eigenvalue weighted by Crippen LogP contribution is 2.42. The van der Waals surface area contributed by atoms with E-state index in [1.807, 2.05) is 30.3 Å². The SMILES string of the molecule is CC1(C)CC[C@@H](c2ccccc2)N(S(=O)(=O)c2ccc([N+](=O)[O-])cc2)C1. The van der Waals surface area contributed by atoms with Crippen molar-refractivity contribution < 1.29 is 13.3 Å². The van der Waals surface area contributed by atoms with E-state index in [0.29, 0.717) is 6.54 Å². The largest absolute Gasteiger partial charge is 0.269 e. The van der Waals surface area contributed by atoms with Crippen molar-refractivity contribution in [2.75, 3.05) is 6.54 Å². The summed E-state index contributed by atoms with van der Waals surface area (Å²) in [5, 5.41) is 10.8. The van der Waals surface area contributed by atoms with E-state index in [1.165, 1.54) is 24.3 Å². The number of nitrogens with zero attached hydrogens (tertiary/aromatic N) is 2. The van der Waals surface area contributed by atoms with E-state index in [1.54, 1.807) is 4.31 Å². The summed E-state index contributed by atoms with van der Waals surface area (Å²) in [7, 11) is -3.76. The van der Waals surface area contributed by atoms with Crippen LogP contribution in [-0.4, -0.2) is 24.2 Å². The summed E-state index contributed by atoms with van der Waals surface area (Å²) in [6, 6.07) is 14.5. The zero-order valence-electron chi connectivity index (χ0n) is 14.8. The van der Waals surface area contributed by atoms with Crippen molar-refractivity contribution in [3.8, 4) is 0 Å². The second kappa shape index (κ2) is 6.81. The van der Waals surface area contributed by atoms with E-state index in [4.69, 9.17) is 0 Å². The van der Waals surface area contributed by atoms with Gasteiger partial charge in [0.2, 0.25) is 10.0 Å². The van der Waals surface area contributed by atoms with Crippen LogP contribution < -0.4 is 0 Å². The van der Waals surface area contributed by atoms with Gasteiger partial charge in [-0.05, 0) is 36.0 Å². The molecule has 1 aliphatic rings. The van der Waals surface area contributed by atoms with Crippen molar-refractivity contribution in [2.24, 2.45) is 5.41 Å². The predicted octanol–water partition coefficient (Wildman–Crippen LogP) is 4.15. The normalized spacial score (nSPS) is 20.6. The summed E-state index contributed by atoms with van der Waals surface area (Å²) in [5.74, 6) is 0. The van der Waals surface area contributed by atoms with Gasteiger partial charge in [0, 0.05) is 18.7 Å². The lowest BCUT2D eigenvalue weighted by Gasteiger charge is -2.43. The Balaban J connectivity index is 2.01. The zero-order valence-corrected chi connectivity index (χ0v) is 15.6. The van der Waals surface area contributed by atoms with Crippen LogP contribution in [0, 0.1) is 15.5 Å². The van der Waals surface area contributed by atoms with Crippen LogP contribution in [0.3, 0.4) is 0 Å². The molecule has 1 saturated heterocycles. The van der Waals surface area contributed by atoms with E-state index in [2.05, 4.69) is 13.8 Å². The van der Waals surface area contributed by atoms with Crippen LogP contribution in [0.5, 0.6) is 0 Å². The third-order valence-corrected chi connectivity index (χ3v) is 6.73. The molecule has 0 saturated carbocycles. The Labute approximate surface area is 153 Å². The number of benzene rings is 2. The Morgan fingerprint density at radius 3 is 2.27 bits per heavy atom. The van der Waals surface area contributed by atoms with Gasteiger partial charge in [-0.2, -0.15) is 4.31 Å². The van der Waals surface area contributed by atoms with Crippen LogP contribution in [0.1, 0.15) is 38.3 Å². The Morgan fingerprint density at radius 1 is 1.08 bits per heavy atom. The Hall–Kier alpha value is -2.25. The fraction of sp³-hybridized carbons (Fsp3) is 0.368. The summed E-state index contributed by atoms with van der Waals surface area (Å²) < 4.78 is 28.1. The molecule has 1 atom stereocenters. The van der Waals surface area contributed by atoms with Gasteiger partial charge < -0.3 is 0 Å². The van der Waals surface area contributed by atoms with Crippen LogP contribution >= 0.6 is 0 Å². The average Bonchev–Trinajstić information content (AvgIpc) is 2.62. The number of nitro benzene ring substituents is 1. The minimum Gasteiger partial charge on any atom is -0.258 e. The molecule has 1 heterocycles. The van der Waals surface area contributed by atoms with Crippen molar-refractivity contribution in [3.05, 3.63) is 70.3 Å². The van der Waals surface area contributed by atoms with Crippen LogP contribution in [-0.2, 0) is 10.0 Å². The van der Waals surface area contributed by atoms with Crippen molar-refractivity contribution in [1.82, 2.24) is 4.31 Å². The number of hydrogen-bond donors (Lipinski definition) is 0. The van der Waals surface area contributed by atoms with Gasteiger partial charge >= 0.3 is 0 Å². The molecular weight excluding hydrogens is 352 g/mol. The van der Waals surface area contributed by atoms with Crippen LogP contribution in [0.15, 0.2) is 59.5 Å². The number of non-ortho nitro benzene ring substituents is 1. The maximum absolute atomic E-state index is 13.3. The molecule has 1 aliphatic heterocycles. The van der Waals surface area contributed by atoms with Crippen molar-refractivity contribution >= 4 is 15.7 Å². The van der Waals surface area contributed by atoms with E-state index < -0.39 is 14.9 Å². The molecule has 0 bridgehead atoms. The highest BCUT2D eigenvalue weighted by atomic mass is 32.2. The van der Waals surface area contributed by atoms with Gasteiger partial charge in [0.15, 0.2) is 0 Å². The minimum atomic E-state index is -3.76. The first-order valence-electron chi connectivity index (χ1n) is 8.52. The van der Waals surface area contributed by atoms with E-state index in [0.717, 1.165) is 18.4 Å². The van der Waals surface area contributed by atoms with Crippen LogP contribution in [0.2, 0.25) is 0 Å². The number of sulfonamides is 1. The molecule has 0 aromatic heterocycles. The molecule has 0 aliphatic carbocycles. The topological polar surface area (TPSA) is 80.5 Å². The second-order valence-corrected chi connectivity index (χ2v) is 9.32. The molecule has 3 rings (SSSR count). The molecule has 0 amide bonds. The predicted molar refractivity (Wildman–Crippen MR) is 99.2 cm³/mol. The first-order chi connectivity index (χ1) is 12.2. The number of nitro groups is 1. The zero-order chi connectivity index (χ0) is 18.9. The molecule has 2 aromatic rings. The quantitative estimate of drug-likeness (QED) is 0.595. The maximum atomic E-state index is 13.3. The Bertz CT molecular complexity index is 893. The second-order valence-electron chi connectivity index (χ2n) is 7.43. The lowest BCUT2D eigenvalue weighted by molar-refractivity contribution is -0.384. The van der Waals surface area contributed by atoms with Gasteiger partial charge in [0.05, 0.1) is 15.9 Å². The van der Waals surface area contributed by atoms with Crippen molar-refractivity contribution in [1.29, 1.82) is 0 Å². The first kappa shape index (κ1) is 18.5. The summed E-state index contributed by atoms with van der Waals surface area (Å²) in [5.41, 5.74) is 0.718. The van der Waals surface area contributed by atoms with Gasteiger partial charge in [-0.15, -0.1) is 0 Å². The van der Waals surface area contributed by atoms with Crippen molar-refractivity contribution in [3.63, 3.8) is 0 Å². The molecular formula is C19H22N2O4S. The number of rotatable bonds is 4. The molecule has 2 aromatic carbocycles. The molecule has 6 nitrogen and oxygen atoms in total. The van der Waals surface area contributed by atoms with E-state index in [9.17, 15) is 18.5 Å². The molecule has 1 fully saturated rings. The van der Waals surface area contributed by atoms with Gasteiger partial charge in [0.25, 0.3) is 5.69 Å². The lowest BCUT2D eigenvalue weighted by Crippen LogP contribution is -2.45. The highest BCUT2D eigenvalue weighted by Gasteiger charge is 2.40. The van der Waals surface area contributed by atoms with Gasteiger partial charge in [0.1, 0.15) is 0 Å². The summed E-state index contributed by atoms with van der Waals surface area (Å²) >= 11 is 0. The fourth-order valence-corrected chi connectivity index (χ4v) is 5.25. The van der Waals surface area contributed by atoms with Crippen LogP contribution in [0.4, 0.5) is 5.69 Å². The summed E-state index contributed by atoms with van der Waals surface area (Å²) in [6.45, 7) is 4.53. The molecule has 26 heavy (non-hydrogen) atoms. The third kappa shape index (κ3) is 3.64. The summed E-state index contributed by atoms with van der Waals surface area (Å²) in [4.78, 5) is 10.4. The summed E-state index contributed by atoms with van der Waals surface area (Å²) in [6.07, 6.45) is 1.67. The fourth-order valence-electron chi connectivity index (χ4n) is 3.42. The molecule has 138 valence electrons. The lowest BCUT2D eigenvalue weighted by atomic mass is 9.81. The first-order valence-corrected chi connectivity index (χ1v) is 9.96. The molecule has 7 heteroatoms. The minimum absolute atomic E-state index is 0.0849. The Kier molecular flexibility index (Phi) is 4.86. The highest BCUT2D eigenvalue weighted by molar-refractivity contribution is 7.89. The van der Waals surface area contributed by atoms with Gasteiger partial charge in [-0.3, -0.25) is 10.1 Å². The standard InChI is InChI=1S/C19H22N2O4S/c1-19(2)13-12-18(15-6-4-3-5-7-15)20(14-19)26(24,25)17-10-8-16(9-11-17)21(22)23/h3-11,18H,12-14H2,1-2H3/t18-/m0/s1. The molecule has 0 N–H and O–H groups in total. The van der Waals surface area contributed by atoms with Crippen LogP contribution in [0.25, 0.3) is 0 Å². The van der Waals surface area contributed by atoms with E-state index >= 15 is 0 Å². The van der Waals surface area contributed by atoms with Gasteiger partial charge in [-0.25, -0.2) is 8.42 Å². The van der Waals surface area contributed by atoms with Gasteiger partial charge in [-0.1, -0.05) is 44.2 Å². The molecule has 0 unspecified atom stereocenters. The molecule has 0 radical (unpaired) electrons. The average molecular weight is 374 g/mol. The third-order valence-electron chi connectivity index (χ3n) is 4.86. The van der Waals surface area contributed by atoms with E-state index in [-0.39, 0.29) is 22.0 Å². The Morgan fingerprint density at radius 2 is 1.69 bits per heavy atom. The maximum Gasteiger partial charge on any atom is 0.269 e. The smallest absolute Gasteiger partial charge is 0.258 e. The number of piperidine rings is 1.